The molecule has 0 saturated carbocycles. The highest BCUT2D eigenvalue weighted by Gasteiger charge is 2.23. The van der Waals surface area contributed by atoms with Crippen LogP contribution in [0.5, 0.6) is 28.7 Å². The molecular weight excluding hydrogens is 374 g/mol. The van der Waals surface area contributed by atoms with Crippen LogP contribution in [0.1, 0.15) is 5.56 Å². The molecule has 3 aromatic rings. The van der Waals surface area contributed by atoms with Crippen LogP contribution < -0.4 is 29.0 Å². The molecule has 0 saturated heterocycles. The van der Waals surface area contributed by atoms with Crippen LogP contribution in [0.4, 0.5) is 11.6 Å². The SMILES string of the molecule is COc1cc(Nc2ncc3c(n2)-c2cccc(OC)c2OC3)cc(OC)c1OC. The van der Waals surface area contributed by atoms with Gasteiger partial charge in [-0.05, 0) is 12.1 Å². The second-order valence-electron chi connectivity index (χ2n) is 6.23. The molecule has 0 unspecified atom stereocenters. The Labute approximate surface area is 168 Å². The molecule has 1 aliphatic heterocycles. The van der Waals surface area contributed by atoms with E-state index in [-0.39, 0.29) is 0 Å². The van der Waals surface area contributed by atoms with Crippen molar-refractivity contribution in [3.63, 3.8) is 0 Å². The van der Waals surface area contributed by atoms with Gasteiger partial charge in [-0.3, -0.25) is 0 Å². The van der Waals surface area contributed by atoms with Gasteiger partial charge < -0.3 is 29.0 Å². The van der Waals surface area contributed by atoms with Crippen molar-refractivity contribution in [2.75, 3.05) is 33.8 Å². The molecule has 8 heteroatoms. The van der Waals surface area contributed by atoms with Gasteiger partial charge in [0.1, 0.15) is 6.61 Å². The van der Waals surface area contributed by atoms with Crippen molar-refractivity contribution in [2.45, 2.75) is 6.61 Å². The van der Waals surface area contributed by atoms with Crippen LogP contribution in [0.3, 0.4) is 0 Å². The first-order valence-corrected chi connectivity index (χ1v) is 8.91. The first-order valence-electron chi connectivity index (χ1n) is 8.91. The summed E-state index contributed by atoms with van der Waals surface area (Å²) in [6, 6.07) is 9.31. The topological polar surface area (TPSA) is 84.0 Å². The third-order valence-electron chi connectivity index (χ3n) is 4.61. The van der Waals surface area contributed by atoms with Crippen LogP contribution in [0.25, 0.3) is 11.3 Å². The Balaban J connectivity index is 1.72. The molecule has 4 rings (SSSR count). The highest BCUT2D eigenvalue weighted by molar-refractivity contribution is 5.76. The highest BCUT2D eigenvalue weighted by atomic mass is 16.5. The molecule has 1 N–H and O–H groups in total. The molecule has 0 aliphatic carbocycles. The predicted octanol–water partition coefficient (Wildman–Crippen LogP) is 3.81. The number of aromatic nitrogens is 2. The van der Waals surface area contributed by atoms with Gasteiger partial charge in [0.2, 0.25) is 11.7 Å². The van der Waals surface area contributed by atoms with Crippen LogP contribution in [-0.4, -0.2) is 38.4 Å². The van der Waals surface area contributed by atoms with Gasteiger partial charge in [0, 0.05) is 35.1 Å². The molecule has 0 fully saturated rings. The number of hydrogen-bond donors (Lipinski definition) is 1. The van der Waals surface area contributed by atoms with Crippen LogP contribution in [0.15, 0.2) is 36.5 Å². The smallest absolute Gasteiger partial charge is 0.227 e. The zero-order chi connectivity index (χ0) is 20.4. The number of ether oxygens (including phenoxy) is 5. The normalized spacial score (nSPS) is 11.6. The molecule has 0 atom stereocenters. The summed E-state index contributed by atoms with van der Waals surface area (Å²) in [5, 5.41) is 3.20. The van der Waals surface area contributed by atoms with E-state index in [0.29, 0.717) is 47.0 Å². The summed E-state index contributed by atoms with van der Waals surface area (Å²) in [6.07, 6.45) is 1.76. The number of nitrogens with zero attached hydrogens (tertiary/aromatic N) is 2. The molecule has 2 aromatic carbocycles. The third kappa shape index (κ3) is 3.33. The summed E-state index contributed by atoms with van der Waals surface area (Å²) >= 11 is 0. The molecule has 1 aliphatic rings. The number of fused-ring (bicyclic) bond motifs is 3. The molecule has 0 spiro atoms. The molecule has 0 amide bonds. The maximum Gasteiger partial charge on any atom is 0.227 e. The molecule has 0 bridgehead atoms. The van der Waals surface area contributed by atoms with E-state index in [4.69, 9.17) is 28.7 Å². The first-order chi connectivity index (χ1) is 14.2. The third-order valence-corrected chi connectivity index (χ3v) is 4.61. The van der Waals surface area contributed by atoms with Crippen molar-refractivity contribution in [1.29, 1.82) is 0 Å². The average molecular weight is 395 g/mol. The predicted molar refractivity (Wildman–Crippen MR) is 108 cm³/mol. The van der Waals surface area contributed by atoms with Crippen LogP contribution >= 0.6 is 0 Å². The molecule has 2 heterocycles. The molecular formula is C21H21N3O5. The van der Waals surface area contributed by atoms with Gasteiger partial charge in [-0.25, -0.2) is 9.97 Å². The van der Waals surface area contributed by atoms with Crippen LogP contribution in [-0.2, 0) is 6.61 Å². The quantitative estimate of drug-likeness (QED) is 0.674. The zero-order valence-corrected chi connectivity index (χ0v) is 16.6. The number of benzene rings is 2. The van der Waals surface area contributed by atoms with Crippen molar-refractivity contribution in [2.24, 2.45) is 0 Å². The van der Waals surface area contributed by atoms with Gasteiger partial charge >= 0.3 is 0 Å². The van der Waals surface area contributed by atoms with Crippen molar-refractivity contribution in [1.82, 2.24) is 9.97 Å². The highest BCUT2D eigenvalue weighted by Crippen LogP contribution is 2.43. The average Bonchev–Trinajstić information content (AvgIpc) is 2.77. The monoisotopic (exact) mass is 395 g/mol. The minimum atomic E-state index is 0.382. The minimum Gasteiger partial charge on any atom is -0.493 e. The van der Waals surface area contributed by atoms with Gasteiger partial charge in [-0.1, -0.05) is 6.07 Å². The fraction of sp³-hybridized carbons (Fsp3) is 0.238. The molecule has 0 radical (unpaired) electrons. The van der Waals surface area contributed by atoms with E-state index < -0.39 is 0 Å². The van der Waals surface area contributed by atoms with Crippen molar-refractivity contribution >= 4 is 11.6 Å². The van der Waals surface area contributed by atoms with E-state index in [1.54, 1.807) is 46.8 Å². The summed E-state index contributed by atoms with van der Waals surface area (Å²) < 4.78 is 27.4. The van der Waals surface area contributed by atoms with Gasteiger partial charge in [-0.15, -0.1) is 0 Å². The standard InChI is InChI=1S/C21H21N3O5/c1-25-15-7-5-6-14-18-12(11-29-19(14)15)10-22-21(24-18)23-13-8-16(26-2)20(28-4)17(9-13)27-3/h5-10H,11H2,1-4H3,(H,22,23,24). The van der Waals surface area contributed by atoms with E-state index in [0.717, 1.165) is 16.8 Å². The number of methoxy groups -OCH3 is 4. The van der Waals surface area contributed by atoms with E-state index in [1.165, 1.54) is 0 Å². The lowest BCUT2D eigenvalue weighted by Gasteiger charge is -2.22. The Bertz CT molecular complexity index is 1030. The Morgan fingerprint density at radius 3 is 2.31 bits per heavy atom. The lowest BCUT2D eigenvalue weighted by molar-refractivity contribution is 0.280. The van der Waals surface area contributed by atoms with Crippen LogP contribution in [0, 0.1) is 0 Å². The second kappa shape index (κ2) is 7.75. The first kappa shape index (κ1) is 18.7. The van der Waals surface area contributed by atoms with E-state index in [2.05, 4.69) is 10.3 Å². The van der Waals surface area contributed by atoms with Gasteiger partial charge in [0.15, 0.2) is 23.0 Å². The fourth-order valence-corrected chi connectivity index (χ4v) is 3.25. The van der Waals surface area contributed by atoms with Crippen molar-refractivity contribution < 1.29 is 23.7 Å². The Morgan fingerprint density at radius 2 is 1.66 bits per heavy atom. The lowest BCUT2D eigenvalue weighted by Crippen LogP contribution is -2.10. The number of para-hydroxylation sites is 1. The summed E-state index contributed by atoms with van der Waals surface area (Å²) in [4.78, 5) is 9.12. The van der Waals surface area contributed by atoms with E-state index in [9.17, 15) is 0 Å². The Kier molecular flexibility index (Phi) is 4.99. The molecule has 150 valence electrons. The summed E-state index contributed by atoms with van der Waals surface area (Å²) in [5.74, 6) is 3.39. The Morgan fingerprint density at radius 1 is 0.931 bits per heavy atom. The summed E-state index contributed by atoms with van der Waals surface area (Å²) in [6.45, 7) is 0.382. The van der Waals surface area contributed by atoms with Crippen molar-refractivity contribution in [3.05, 3.63) is 42.1 Å². The number of nitrogens with one attached hydrogen (secondary N) is 1. The molecule has 8 nitrogen and oxygen atoms in total. The molecule has 29 heavy (non-hydrogen) atoms. The van der Waals surface area contributed by atoms with Crippen LogP contribution in [0.2, 0.25) is 0 Å². The number of rotatable bonds is 6. The van der Waals surface area contributed by atoms with E-state index >= 15 is 0 Å². The summed E-state index contributed by atoms with van der Waals surface area (Å²) in [5.41, 5.74) is 3.27. The van der Waals surface area contributed by atoms with Gasteiger partial charge in [0.05, 0.1) is 34.1 Å². The molecule has 1 aromatic heterocycles. The second-order valence-corrected chi connectivity index (χ2v) is 6.23. The maximum atomic E-state index is 5.84. The number of hydrogen-bond acceptors (Lipinski definition) is 8. The van der Waals surface area contributed by atoms with E-state index in [1.807, 2.05) is 18.2 Å². The Hall–Kier alpha value is -3.68. The number of anilines is 2. The lowest BCUT2D eigenvalue weighted by atomic mass is 10.0. The largest absolute Gasteiger partial charge is 0.493 e. The van der Waals surface area contributed by atoms with Gasteiger partial charge in [0.25, 0.3) is 0 Å². The maximum absolute atomic E-state index is 5.84. The minimum absolute atomic E-state index is 0.382. The zero-order valence-electron chi connectivity index (χ0n) is 16.6. The van der Waals surface area contributed by atoms with Gasteiger partial charge in [-0.2, -0.15) is 0 Å². The van der Waals surface area contributed by atoms with Crippen molar-refractivity contribution in [3.8, 4) is 40.0 Å². The summed E-state index contributed by atoms with van der Waals surface area (Å²) in [7, 11) is 6.32. The fourth-order valence-electron chi connectivity index (χ4n) is 3.25.